The van der Waals surface area contributed by atoms with Gasteiger partial charge in [0.1, 0.15) is 6.04 Å². The molecule has 0 saturated heterocycles. The summed E-state index contributed by atoms with van der Waals surface area (Å²) in [5.41, 5.74) is 2.65. The Morgan fingerprint density at radius 1 is 0.778 bits per heavy atom. The van der Waals surface area contributed by atoms with E-state index in [9.17, 15) is 23.8 Å². The predicted octanol–water partition coefficient (Wildman–Crippen LogP) is 5.96. The predicted molar refractivity (Wildman–Crippen MR) is 180 cm³/mol. The normalized spacial score (nSPS) is 13.7. The monoisotopic (exact) mass is 634 g/mol. The zero-order valence-electron chi connectivity index (χ0n) is 26.3. The summed E-state index contributed by atoms with van der Waals surface area (Å²) in [7, 11) is -3.68. The topological polar surface area (TPSA) is 137 Å². The van der Waals surface area contributed by atoms with E-state index < -0.39 is 25.2 Å². The van der Waals surface area contributed by atoms with E-state index in [1.165, 1.54) is 0 Å². The van der Waals surface area contributed by atoms with E-state index in [0.717, 1.165) is 11.1 Å². The van der Waals surface area contributed by atoms with Gasteiger partial charge in [0.05, 0.1) is 0 Å². The van der Waals surface area contributed by atoms with E-state index in [0.29, 0.717) is 50.9 Å². The number of hydrogen-bond acceptors (Lipinski definition) is 4. The van der Waals surface area contributed by atoms with E-state index in [4.69, 9.17) is 0 Å². The van der Waals surface area contributed by atoms with Crippen molar-refractivity contribution in [3.05, 3.63) is 102 Å². The minimum absolute atomic E-state index is 0.0410. The van der Waals surface area contributed by atoms with Crippen LogP contribution in [0.25, 0.3) is 0 Å². The minimum atomic E-state index is -3.68. The number of urea groups is 1. The quantitative estimate of drug-likeness (QED) is 0.0870. The second kappa shape index (κ2) is 18.8. The zero-order valence-corrected chi connectivity index (χ0v) is 27.2. The molecular weight excluding hydrogens is 587 g/mol. The molecule has 0 fully saturated rings. The highest BCUT2D eigenvalue weighted by Crippen LogP contribution is 2.44. The van der Waals surface area contributed by atoms with Gasteiger partial charge in [-0.05, 0) is 61.3 Å². The van der Waals surface area contributed by atoms with Crippen molar-refractivity contribution in [1.82, 2.24) is 16.0 Å². The van der Waals surface area contributed by atoms with Crippen molar-refractivity contribution in [3.8, 4) is 0 Å². The number of nitrogens with one attached hydrogen (secondary N) is 4. The van der Waals surface area contributed by atoms with Crippen LogP contribution in [0, 0.1) is 11.8 Å². The van der Waals surface area contributed by atoms with Gasteiger partial charge < -0.3 is 26.2 Å². The fourth-order valence-electron chi connectivity index (χ4n) is 5.00. The van der Waals surface area contributed by atoms with Crippen LogP contribution >= 0.6 is 7.37 Å². The van der Waals surface area contributed by atoms with Gasteiger partial charge in [0.2, 0.25) is 19.2 Å². The molecule has 3 rings (SSSR count). The van der Waals surface area contributed by atoms with Crippen LogP contribution in [-0.2, 0) is 27.1 Å². The second-order valence-corrected chi connectivity index (χ2v) is 14.3. The molecule has 3 atom stereocenters. The summed E-state index contributed by atoms with van der Waals surface area (Å²) in [6, 6.07) is 27.2. The molecule has 0 aliphatic heterocycles. The number of anilines is 1. The van der Waals surface area contributed by atoms with Gasteiger partial charge in [-0.15, -0.1) is 0 Å². The maximum Gasteiger partial charge on any atom is 0.315 e. The van der Waals surface area contributed by atoms with E-state index in [-0.39, 0.29) is 30.2 Å². The number of carbonyl (C=O) groups is 3. The summed E-state index contributed by atoms with van der Waals surface area (Å²) in [5, 5.41) is 11.3. The van der Waals surface area contributed by atoms with Crippen LogP contribution in [0.3, 0.4) is 0 Å². The molecule has 0 aromatic heterocycles. The van der Waals surface area contributed by atoms with Crippen LogP contribution in [0.2, 0.25) is 0 Å². The van der Waals surface area contributed by atoms with Crippen LogP contribution in [-0.4, -0.2) is 47.6 Å². The molecule has 3 aromatic rings. The van der Waals surface area contributed by atoms with Crippen LogP contribution in [0.4, 0.5) is 10.5 Å². The molecule has 0 aliphatic carbocycles. The summed E-state index contributed by atoms with van der Waals surface area (Å²) in [4.78, 5) is 49.8. The highest BCUT2D eigenvalue weighted by Gasteiger charge is 2.31. The Balaban J connectivity index is 1.56. The molecule has 0 heterocycles. The molecule has 3 aromatic carbocycles. The van der Waals surface area contributed by atoms with Crippen molar-refractivity contribution < 1.29 is 23.8 Å². The van der Waals surface area contributed by atoms with E-state index >= 15 is 0 Å². The first-order valence-electron chi connectivity index (χ1n) is 15.7. The third-order valence-corrected chi connectivity index (χ3v) is 9.42. The summed E-state index contributed by atoms with van der Waals surface area (Å²) in [5.74, 6) is -1.33. The van der Waals surface area contributed by atoms with Gasteiger partial charge in [-0.25, -0.2) is 4.79 Å². The van der Waals surface area contributed by atoms with Crippen molar-refractivity contribution in [2.24, 2.45) is 11.8 Å². The van der Waals surface area contributed by atoms with E-state index in [2.05, 4.69) is 21.3 Å². The van der Waals surface area contributed by atoms with Crippen molar-refractivity contribution in [2.45, 2.75) is 58.5 Å². The van der Waals surface area contributed by atoms with Gasteiger partial charge in [-0.3, -0.25) is 14.2 Å². The Hall–Kier alpha value is -3.94. The average Bonchev–Trinajstić information content (AvgIpc) is 3.02. The van der Waals surface area contributed by atoms with Crippen LogP contribution < -0.4 is 21.3 Å². The lowest BCUT2D eigenvalue weighted by molar-refractivity contribution is -0.129. The molecule has 242 valence electrons. The number of rotatable bonds is 18. The first-order valence-corrected chi connectivity index (χ1v) is 17.7. The maximum absolute atomic E-state index is 13.6. The van der Waals surface area contributed by atoms with Gasteiger partial charge in [0, 0.05) is 37.0 Å². The third kappa shape index (κ3) is 14.1. The molecule has 5 N–H and O–H groups in total. The standard InChI is InChI=1S/C35H47N4O5P/c1-27(2)24-32(34(41)38-31-18-10-5-11-19-31)39-33(40)30(21-20-28-14-6-3-7-15-28)26-45(43,44)23-13-12-22-36-35(42)37-25-29-16-8-4-9-17-29/h3-11,14-19,27,30,32H,12-13,20-26H2,1-2H3,(H,38,41)(H,39,40)(H,43,44)(H2,36,37,42)/t30-,32+/m1/s1. The van der Waals surface area contributed by atoms with Crippen molar-refractivity contribution in [2.75, 3.05) is 24.2 Å². The number of aryl methyl sites for hydroxylation is 1. The van der Waals surface area contributed by atoms with Gasteiger partial charge >= 0.3 is 6.03 Å². The molecule has 0 aliphatic rings. The lowest BCUT2D eigenvalue weighted by Crippen LogP contribution is -2.47. The molecule has 1 unspecified atom stereocenters. The lowest BCUT2D eigenvalue weighted by atomic mass is 9.98. The summed E-state index contributed by atoms with van der Waals surface area (Å²) >= 11 is 0. The first-order chi connectivity index (χ1) is 21.6. The van der Waals surface area contributed by atoms with Crippen LogP contribution in [0.15, 0.2) is 91.0 Å². The van der Waals surface area contributed by atoms with Crippen LogP contribution in [0.1, 0.15) is 50.7 Å². The molecule has 9 nitrogen and oxygen atoms in total. The highest BCUT2D eigenvalue weighted by molar-refractivity contribution is 7.58. The van der Waals surface area contributed by atoms with Gasteiger partial charge in [0.15, 0.2) is 0 Å². The lowest BCUT2D eigenvalue weighted by Gasteiger charge is -2.25. The number of para-hydroxylation sites is 1. The molecule has 0 saturated carbocycles. The molecule has 0 bridgehead atoms. The molecule has 45 heavy (non-hydrogen) atoms. The minimum Gasteiger partial charge on any atom is -0.344 e. The van der Waals surface area contributed by atoms with Crippen molar-refractivity contribution >= 4 is 30.9 Å². The van der Waals surface area contributed by atoms with Crippen LogP contribution in [0.5, 0.6) is 0 Å². The fraction of sp³-hybridized carbons (Fsp3) is 0.400. The van der Waals surface area contributed by atoms with E-state index in [1.54, 1.807) is 12.1 Å². The Bertz CT molecular complexity index is 1370. The molecule has 0 radical (unpaired) electrons. The largest absolute Gasteiger partial charge is 0.344 e. The second-order valence-electron chi connectivity index (χ2n) is 11.8. The third-order valence-electron chi connectivity index (χ3n) is 7.40. The smallest absolute Gasteiger partial charge is 0.315 e. The van der Waals surface area contributed by atoms with Gasteiger partial charge in [-0.2, -0.15) is 0 Å². The SMILES string of the molecule is CC(C)C[C@H](NC(=O)[C@H](CCc1ccccc1)CP(=O)(O)CCCCNC(=O)NCc1ccccc1)C(=O)Nc1ccccc1. The Labute approximate surface area is 267 Å². The van der Waals surface area contributed by atoms with Crippen molar-refractivity contribution in [1.29, 1.82) is 0 Å². The Morgan fingerprint density at radius 3 is 2.00 bits per heavy atom. The summed E-state index contributed by atoms with van der Waals surface area (Å²) in [6.45, 7) is 4.74. The van der Waals surface area contributed by atoms with E-state index in [1.807, 2.05) is 92.7 Å². The van der Waals surface area contributed by atoms with Gasteiger partial charge in [-0.1, -0.05) is 92.7 Å². The fourth-order valence-corrected chi connectivity index (χ4v) is 6.93. The number of unbranched alkanes of at least 4 members (excludes halogenated alkanes) is 1. The number of amides is 4. The zero-order chi connectivity index (χ0) is 32.5. The number of hydrogen-bond donors (Lipinski definition) is 5. The number of carbonyl (C=O) groups excluding carboxylic acids is 3. The average molecular weight is 635 g/mol. The molecular formula is C35H47N4O5P. The maximum atomic E-state index is 13.6. The Kier molecular flexibility index (Phi) is 14.8. The molecule has 0 spiro atoms. The Morgan fingerprint density at radius 2 is 1.38 bits per heavy atom. The first kappa shape index (κ1) is 35.5. The summed E-state index contributed by atoms with van der Waals surface area (Å²) < 4.78 is 13.3. The van der Waals surface area contributed by atoms with Crippen molar-refractivity contribution in [3.63, 3.8) is 0 Å². The number of benzene rings is 3. The molecule has 10 heteroatoms. The highest BCUT2D eigenvalue weighted by atomic mass is 31.2. The summed E-state index contributed by atoms with van der Waals surface area (Å²) in [6.07, 6.45) is 2.18. The van der Waals surface area contributed by atoms with Gasteiger partial charge in [0.25, 0.3) is 0 Å². The molecule has 4 amide bonds.